The second-order valence-electron chi connectivity index (χ2n) is 4.29. The zero-order valence-corrected chi connectivity index (χ0v) is 11.0. The van der Waals surface area contributed by atoms with Crippen LogP contribution in [0.5, 0.6) is 0 Å². The number of thiazole rings is 1. The molecule has 0 aliphatic heterocycles. The molecule has 0 spiro atoms. The summed E-state index contributed by atoms with van der Waals surface area (Å²) in [7, 11) is 1.36. The second kappa shape index (κ2) is 5.30. The van der Waals surface area contributed by atoms with Gasteiger partial charge in [-0.25, -0.2) is 9.78 Å². The smallest absolute Gasteiger partial charge is 0.357 e. The van der Waals surface area contributed by atoms with Crippen LogP contribution >= 0.6 is 11.3 Å². The van der Waals surface area contributed by atoms with E-state index in [1.54, 1.807) is 5.38 Å². The van der Waals surface area contributed by atoms with Gasteiger partial charge in [0.05, 0.1) is 7.11 Å². The molecule has 1 heterocycles. The summed E-state index contributed by atoms with van der Waals surface area (Å²) < 4.78 is 4.60. The van der Waals surface area contributed by atoms with E-state index < -0.39 is 5.97 Å². The summed E-state index contributed by atoms with van der Waals surface area (Å²) in [6.45, 7) is 6.39. The molecule has 90 valence electrons. The van der Waals surface area contributed by atoms with Crippen molar-refractivity contribution < 1.29 is 9.53 Å². The molecule has 0 bridgehead atoms. The minimum atomic E-state index is -0.391. The van der Waals surface area contributed by atoms with Crippen molar-refractivity contribution in [3.05, 3.63) is 11.1 Å². The van der Waals surface area contributed by atoms with Crippen LogP contribution in [0.15, 0.2) is 5.38 Å². The zero-order valence-electron chi connectivity index (χ0n) is 10.2. The van der Waals surface area contributed by atoms with Gasteiger partial charge in [-0.1, -0.05) is 13.3 Å². The van der Waals surface area contributed by atoms with Gasteiger partial charge in [-0.3, -0.25) is 0 Å². The predicted octanol–water partition coefficient (Wildman–Crippen LogP) is 2.92. The number of carbonyl (C=O) groups excluding carboxylic acids is 1. The Morgan fingerprint density at radius 3 is 2.88 bits per heavy atom. The zero-order chi connectivity index (χ0) is 12.2. The maximum Gasteiger partial charge on any atom is 0.357 e. The number of nitrogens with zero attached hydrogens (tertiary/aromatic N) is 1. The summed E-state index contributed by atoms with van der Waals surface area (Å²) >= 11 is 1.42. The Kier molecular flexibility index (Phi) is 4.29. The molecule has 0 aliphatic carbocycles. The van der Waals surface area contributed by atoms with Crippen molar-refractivity contribution >= 4 is 22.4 Å². The Hall–Kier alpha value is -1.10. The maximum absolute atomic E-state index is 11.2. The molecule has 0 unspecified atom stereocenters. The molecule has 1 aromatic rings. The van der Waals surface area contributed by atoms with Crippen LogP contribution < -0.4 is 5.32 Å². The standard InChI is InChI=1S/C11H18N2O2S/c1-5-6-11(2,3)13-10-12-8(7-16-10)9(14)15-4/h7H,5-6H2,1-4H3,(H,12,13). The Bertz CT molecular complexity index is 361. The minimum absolute atomic E-state index is 0.00000720. The van der Waals surface area contributed by atoms with E-state index in [1.165, 1.54) is 18.4 Å². The fourth-order valence-electron chi connectivity index (χ4n) is 1.51. The van der Waals surface area contributed by atoms with Crippen molar-refractivity contribution in [1.82, 2.24) is 4.98 Å². The SMILES string of the molecule is CCCC(C)(C)Nc1nc(C(=O)OC)cs1. The number of ether oxygens (including phenoxy) is 1. The van der Waals surface area contributed by atoms with E-state index in [0.717, 1.165) is 18.0 Å². The number of methoxy groups -OCH3 is 1. The molecule has 0 saturated heterocycles. The van der Waals surface area contributed by atoms with E-state index >= 15 is 0 Å². The predicted molar refractivity (Wildman–Crippen MR) is 66.1 cm³/mol. The van der Waals surface area contributed by atoms with Crippen LogP contribution in [0.2, 0.25) is 0 Å². The fraction of sp³-hybridized carbons (Fsp3) is 0.636. The van der Waals surface area contributed by atoms with Gasteiger partial charge in [0.1, 0.15) is 0 Å². The van der Waals surface area contributed by atoms with Crippen molar-refractivity contribution in [2.75, 3.05) is 12.4 Å². The lowest BCUT2D eigenvalue weighted by Gasteiger charge is -2.25. The molecular formula is C11H18N2O2S. The van der Waals surface area contributed by atoms with Gasteiger partial charge in [0.15, 0.2) is 10.8 Å². The molecule has 0 saturated carbocycles. The summed E-state index contributed by atoms with van der Waals surface area (Å²) in [6.07, 6.45) is 2.16. The highest BCUT2D eigenvalue weighted by Crippen LogP contribution is 2.23. The van der Waals surface area contributed by atoms with Crippen molar-refractivity contribution in [3.63, 3.8) is 0 Å². The van der Waals surface area contributed by atoms with Gasteiger partial charge >= 0.3 is 5.97 Å². The quantitative estimate of drug-likeness (QED) is 0.807. The molecule has 0 aliphatic rings. The number of nitrogens with one attached hydrogen (secondary N) is 1. The van der Waals surface area contributed by atoms with Gasteiger partial charge in [0.25, 0.3) is 0 Å². The third kappa shape index (κ3) is 3.48. The molecule has 0 fully saturated rings. The number of carbonyl (C=O) groups is 1. The van der Waals surface area contributed by atoms with Crippen LogP contribution in [-0.4, -0.2) is 23.6 Å². The fourth-order valence-corrected chi connectivity index (χ4v) is 2.36. The summed E-state index contributed by atoms with van der Waals surface area (Å²) in [6, 6.07) is 0. The monoisotopic (exact) mass is 242 g/mol. The molecule has 0 aromatic carbocycles. The first-order valence-corrected chi connectivity index (χ1v) is 6.18. The van der Waals surface area contributed by atoms with Crippen LogP contribution in [0.25, 0.3) is 0 Å². The van der Waals surface area contributed by atoms with Crippen molar-refractivity contribution in [2.24, 2.45) is 0 Å². The highest BCUT2D eigenvalue weighted by Gasteiger charge is 2.19. The van der Waals surface area contributed by atoms with Gasteiger partial charge in [-0.05, 0) is 20.3 Å². The third-order valence-electron chi connectivity index (χ3n) is 2.22. The van der Waals surface area contributed by atoms with Gasteiger partial charge in [-0.2, -0.15) is 0 Å². The molecule has 0 radical (unpaired) electrons. The first kappa shape index (κ1) is 13.0. The third-order valence-corrected chi connectivity index (χ3v) is 2.98. The van der Waals surface area contributed by atoms with Crippen LogP contribution in [0, 0.1) is 0 Å². The van der Waals surface area contributed by atoms with E-state index in [-0.39, 0.29) is 5.54 Å². The minimum Gasteiger partial charge on any atom is -0.464 e. The van der Waals surface area contributed by atoms with E-state index in [1.807, 2.05) is 0 Å². The van der Waals surface area contributed by atoms with Crippen LogP contribution in [0.3, 0.4) is 0 Å². The molecule has 1 N–H and O–H groups in total. The normalized spacial score (nSPS) is 11.2. The summed E-state index contributed by atoms with van der Waals surface area (Å²) in [5.41, 5.74) is 0.363. The molecule has 4 nitrogen and oxygen atoms in total. The van der Waals surface area contributed by atoms with Gasteiger partial charge in [0, 0.05) is 10.9 Å². The molecule has 5 heteroatoms. The van der Waals surface area contributed by atoms with Crippen LogP contribution in [0.4, 0.5) is 5.13 Å². The van der Waals surface area contributed by atoms with Crippen molar-refractivity contribution in [3.8, 4) is 0 Å². The van der Waals surface area contributed by atoms with Crippen LogP contribution in [-0.2, 0) is 4.74 Å². The number of hydrogen-bond acceptors (Lipinski definition) is 5. The Balaban J connectivity index is 2.68. The lowest BCUT2D eigenvalue weighted by atomic mass is 10.00. The summed E-state index contributed by atoms with van der Waals surface area (Å²) in [5.74, 6) is -0.391. The molecule has 16 heavy (non-hydrogen) atoms. The number of aromatic nitrogens is 1. The summed E-state index contributed by atoms with van der Waals surface area (Å²) in [4.78, 5) is 15.4. The maximum atomic E-state index is 11.2. The lowest BCUT2D eigenvalue weighted by molar-refractivity contribution is 0.0595. The van der Waals surface area contributed by atoms with E-state index in [2.05, 4.69) is 35.8 Å². The number of rotatable bonds is 5. The largest absolute Gasteiger partial charge is 0.464 e. The molecule has 0 atom stereocenters. The van der Waals surface area contributed by atoms with Gasteiger partial charge in [0.2, 0.25) is 0 Å². The molecular weight excluding hydrogens is 224 g/mol. The van der Waals surface area contributed by atoms with Crippen molar-refractivity contribution in [2.45, 2.75) is 39.2 Å². The molecule has 1 aromatic heterocycles. The first-order chi connectivity index (χ1) is 7.48. The summed E-state index contributed by atoms with van der Waals surface area (Å²) in [5, 5.41) is 5.79. The Morgan fingerprint density at radius 1 is 1.62 bits per heavy atom. The van der Waals surface area contributed by atoms with E-state index in [9.17, 15) is 4.79 Å². The van der Waals surface area contributed by atoms with E-state index in [0.29, 0.717) is 5.69 Å². The van der Waals surface area contributed by atoms with Gasteiger partial charge < -0.3 is 10.1 Å². The highest BCUT2D eigenvalue weighted by molar-refractivity contribution is 7.13. The first-order valence-electron chi connectivity index (χ1n) is 5.30. The molecule has 1 rings (SSSR count). The lowest BCUT2D eigenvalue weighted by Crippen LogP contribution is -2.30. The topological polar surface area (TPSA) is 51.2 Å². The highest BCUT2D eigenvalue weighted by atomic mass is 32.1. The van der Waals surface area contributed by atoms with Gasteiger partial charge in [-0.15, -0.1) is 11.3 Å². The molecule has 0 amide bonds. The average molecular weight is 242 g/mol. The van der Waals surface area contributed by atoms with Crippen LogP contribution in [0.1, 0.15) is 44.1 Å². The average Bonchev–Trinajstić information content (AvgIpc) is 2.64. The van der Waals surface area contributed by atoms with Crippen molar-refractivity contribution in [1.29, 1.82) is 0 Å². The number of esters is 1. The number of hydrogen-bond donors (Lipinski definition) is 1. The Morgan fingerprint density at radius 2 is 2.31 bits per heavy atom. The van der Waals surface area contributed by atoms with E-state index in [4.69, 9.17) is 0 Å². The Labute approximate surface area is 100 Å². The second-order valence-corrected chi connectivity index (χ2v) is 5.15. The number of anilines is 1.